The van der Waals surface area contributed by atoms with Crippen molar-refractivity contribution in [2.24, 2.45) is 16.6 Å². The lowest BCUT2D eigenvalue weighted by Gasteiger charge is -2.17. The number of guanidine groups is 1. The molecule has 0 saturated heterocycles. The molecular formula is C21H28N4O7S. The highest BCUT2D eigenvalue weighted by Gasteiger charge is 2.28. The number of sulfonamides is 1. The molecule has 1 atom stereocenters. The summed E-state index contributed by atoms with van der Waals surface area (Å²) >= 11 is 0. The molecule has 0 radical (unpaired) electrons. The number of nitrogens with one attached hydrogen (secondary N) is 1. The minimum Gasteiger partial charge on any atom is -0.495 e. The maximum absolute atomic E-state index is 12.8. The summed E-state index contributed by atoms with van der Waals surface area (Å²) in [5.41, 5.74) is 11.6. The molecule has 0 heterocycles. The third kappa shape index (κ3) is 8.16. The number of rotatable bonds is 13. The first-order chi connectivity index (χ1) is 15.6. The molecule has 12 heteroatoms. The molecule has 2 aromatic rings. The molecule has 180 valence electrons. The highest BCUT2D eigenvalue weighted by molar-refractivity contribution is 7.89. The topological polar surface area (TPSA) is 176 Å². The summed E-state index contributed by atoms with van der Waals surface area (Å²) in [5.74, 6) is -0.766. The van der Waals surface area contributed by atoms with Gasteiger partial charge in [0.1, 0.15) is 29.0 Å². The van der Waals surface area contributed by atoms with Crippen LogP contribution in [0.2, 0.25) is 0 Å². The third-order valence-electron chi connectivity index (χ3n) is 4.39. The van der Waals surface area contributed by atoms with Crippen molar-refractivity contribution in [3.63, 3.8) is 0 Å². The van der Waals surface area contributed by atoms with E-state index in [1.54, 1.807) is 37.3 Å². The number of carbonyl (C=O) groups is 1. The van der Waals surface area contributed by atoms with E-state index in [9.17, 15) is 18.3 Å². The van der Waals surface area contributed by atoms with Gasteiger partial charge in [0, 0.05) is 6.42 Å². The van der Waals surface area contributed by atoms with Gasteiger partial charge in [-0.2, -0.15) is 4.72 Å². The fourth-order valence-electron chi connectivity index (χ4n) is 2.82. The van der Waals surface area contributed by atoms with Gasteiger partial charge in [-0.05, 0) is 53.9 Å². The SMILES string of the molecule is COc1ccc(C)cc1S(=O)(=O)N[C@@H](Cc1ccc(OCCCON=C(N)N)cc1)C(=O)O. The van der Waals surface area contributed by atoms with Crippen molar-refractivity contribution >= 4 is 22.0 Å². The molecule has 2 rings (SSSR count). The minimum absolute atomic E-state index is 0.0602. The van der Waals surface area contributed by atoms with Gasteiger partial charge >= 0.3 is 5.97 Å². The van der Waals surface area contributed by atoms with E-state index in [1.165, 1.54) is 19.2 Å². The second-order valence-electron chi connectivity index (χ2n) is 7.07. The summed E-state index contributed by atoms with van der Waals surface area (Å²) in [5, 5.41) is 13.0. The zero-order valence-corrected chi connectivity index (χ0v) is 19.2. The lowest BCUT2D eigenvalue weighted by Crippen LogP contribution is -2.42. The Morgan fingerprint density at radius 1 is 1.15 bits per heavy atom. The maximum atomic E-state index is 12.8. The van der Waals surface area contributed by atoms with Gasteiger partial charge < -0.3 is 30.9 Å². The summed E-state index contributed by atoms with van der Waals surface area (Å²) in [4.78, 5) is 16.5. The van der Waals surface area contributed by atoms with E-state index >= 15 is 0 Å². The van der Waals surface area contributed by atoms with Crippen molar-refractivity contribution in [2.45, 2.75) is 30.7 Å². The van der Waals surface area contributed by atoms with Crippen molar-refractivity contribution < 1.29 is 32.6 Å². The van der Waals surface area contributed by atoms with Gasteiger partial charge in [0.15, 0.2) is 0 Å². The second-order valence-corrected chi connectivity index (χ2v) is 8.75. The molecule has 2 aromatic carbocycles. The van der Waals surface area contributed by atoms with Crippen LogP contribution < -0.4 is 25.7 Å². The highest BCUT2D eigenvalue weighted by Crippen LogP contribution is 2.25. The zero-order chi connectivity index (χ0) is 24.4. The Balaban J connectivity index is 2.00. The van der Waals surface area contributed by atoms with Crippen LogP contribution >= 0.6 is 0 Å². The summed E-state index contributed by atoms with van der Waals surface area (Å²) in [6.07, 6.45) is 0.485. The number of aliphatic carboxylic acids is 1. The van der Waals surface area contributed by atoms with Crippen molar-refractivity contribution in [3.8, 4) is 11.5 Å². The average Bonchev–Trinajstić information content (AvgIpc) is 2.76. The van der Waals surface area contributed by atoms with Crippen LogP contribution in [0.1, 0.15) is 17.5 Å². The van der Waals surface area contributed by atoms with E-state index < -0.39 is 22.0 Å². The van der Waals surface area contributed by atoms with Crippen LogP contribution in [0.5, 0.6) is 11.5 Å². The van der Waals surface area contributed by atoms with Crippen LogP contribution in [0.25, 0.3) is 0 Å². The smallest absolute Gasteiger partial charge is 0.322 e. The van der Waals surface area contributed by atoms with Gasteiger partial charge in [0.25, 0.3) is 0 Å². The normalized spacial score (nSPS) is 11.9. The molecule has 0 unspecified atom stereocenters. The fraction of sp³-hybridized carbons (Fsp3) is 0.333. The molecular weight excluding hydrogens is 452 g/mol. The highest BCUT2D eigenvalue weighted by atomic mass is 32.2. The monoisotopic (exact) mass is 480 g/mol. The molecule has 0 saturated carbocycles. The van der Waals surface area contributed by atoms with Crippen LogP contribution in [0.4, 0.5) is 0 Å². The molecule has 11 nitrogen and oxygen atoms in total. The predicted octanol–water partition coefficient (Wildman–Crippen LogP) is 0.952. The Bertz CT molecular complexity index is 1070. The number of carboxylic acid groups (broad SMARTS) is 1. The Morgan fingerprint density at radius 3 is 2.45 bits per heavy atom. The number of nitrogens with zero attached hydrogens (tertiary/aromatic N) is 1. The summed E-state index contributed by atoms with van der Waals surface area (Å²) in [6.45, 7) is 2.37. The number of carboxylic acids is 1. The number of benzene rings is 2. The Labute approximate surface area is 192 Å². The summed E-state index contributed by atoms with van der Waals surface area (Å²) < 4.78 is 38.6. The first kappa shape index (κ1) is 25.7. The standard InChI is InChI=1S/C21H28N4O7S/c1-14-4-9-18(30-2)19(12-14)33(28,29)25-17(20(26)27)13-15-5-7-16(8-6-15)31-10-3-11-32-24-21(22)23/h4-9,12,17,25H,3,10-11,13H2,1-2H3,(H,26,27)(H4,22,23,24)/t17-/m0/s1. The third-order valence-corrected chi connectivity index (χ3v) is 5.88. The molecule has 0 aliphatic rings. The molecule has 0 bridgehead atoms. The molecule has 0 fully saturated rings. The molecule has 0 aromatic heterocycles. The van der Waals surface area contributed by atoms with Gasteiger partial charge in [-0.25, -0.2) is 8.42 Å². The molecule has 0 aliphatic heterocycles. The van der Waals surface area contributed by atoms with E-state index in [1.807, 2.05) is 0 Å². The predicted molar refractivity (Wildman–Crippen MR) is 121 cm³/mol. The van der Waals surface area contributed by atoms with Crippen LogP contribution in [-0.4, -0.2) is 51.8 Å². The van der Waals surface area contributed by atoms with E-state index in [0.717, 1.165) is 0 Å². The number of ether oxygens (including phenoxy) is 2. The van der Waals surface area contributed by atoms with E-state index in [-0.39, 0.29) is 29.6 Å². The molecule has 6 N–H and O–H groups in total. The van der Waals surface area contributed by atoms with Crippen molar-refractivity contribution in [1.82, 2.24) is 4.72 Å². The van der Waals surface area contributed by atoms with Crippen LogP contribution in [-0.2, 0) is 26.1 Å². The number of aryl methyl sites for hydroxylation is 1. The summed E-state index contributed by atoms with van der Waals surface area (Å²) in [6, 6.07) is 9.95. The summed E-state index contributed by atoms with van der Waals surface area (Å²) in [7, 11) is -2.79. The number of methoxy groups -OCH3 is 1. The maximum Gasteiger partial charge on any atom is 0.322 e. The van der Waals surface area contributed by atoms with Gasteiger partial charge in [-0.1, -0.05) is 18.2 Å². The lowest BCUT2D eigenvalue weighted by molar-refractivity contribution is -0.138. The molecule has 0 spiro atoms. The number of nitrogens with two attached hydrogens (primary N) is 2. The first-order valence-electron chi connectivity index (χ1n) is 9.95. The van der Waals surface area contributed by atoms with Crippen LogP contribution in [0, 0.1) is 6.92 Å². The first-order valence-corrected chi connectivity index (χ1v) is 11.4. The quantitative estimate of drug-likeness (QED) is 0.141. The van der Waals surface area contributed by atoms with E-state index in [4.69, 9.17) is 25.8 Å². The number of oxime groups is 1. The largest absolute Gasteiger partial charge is 0.495 e. The van der Waals surface area contributed by atoms with Gasteiger partial charge in [-0.3, -0.25) is 4.79 Å². The van der Waals surface area contributed by atoms with Gasteiger partial charge in [0.05, 0.1) is 13.7 Å². The second kappa shape index (κ2) is 11.9. The van der Waals surface area contributed by atoms with E-state index in [0.29, 0.717) is 29.9 Å². The lowest BCUT2D eigenvalue weighted by atomic mass is 10.1. The Kier molecular flexibility index (Phi) is 9.30. The van der Waals surface area contributed by atoms with Crippen LogP contribution in [0.3, 0.4) is 0 Å². The molecule has 0 aliphatic carbocycles. The zero-order valence-electron chi connectivity index (χ0n) is 18.4. The number of hydrogen-bond acceptors (Lipinski definition) is 7. The Hall–Kier alpha value is -3.51. The number of hydrogen-bond donors (Lipinski definition) is 4. The minimum atomic E-state index is -4.14. The Morgan fingerprint density at radius 2 is 1.85 bits per heavy atom. The van der Waals surface area contributed by atoms with Crippen LogP contribution in [0.15, 0.2) is 52.5 Å². The molecule has 0 amide bonds. The molecule has 33 heavy (non-hydrogen) atoms. The fourth-order valence-corrected chi connectivity index (χ4v) is 4.26. The van der Waals surface area contributed by atoms with E-state index in [2.05, 4.69) is 9.88 Å². The van der Waals surface area contributed by atoms with Crippen molar-refractivity contribution in [3.05, 3.63) is 53.6 Å². The average molecular weight is 481 g/mol. The van der Waals surface area contributed by atoms with Gasteiger partial charge in [-0.15, -0.1) is 0 Å². The van der Waals surface area contributed by atoms with Crippen molar-refractivity contribution in [1.29, 1.82) is 0 Å². The van der Waals surface area contributed by atoms with Gasteiger partial charge in [0.2, 0.25) is 16.0 Å². The van der Waals surface area contributed by atoms with Crippen molar-refractivity contribution in [2.75, 3.05) is 20.3 Å².